The number of cyclic esters (lactones) is 1. The Balaban J connectivity index is 2.13. The van der Waals surface area contributed by atoms with E-state index in [1.807, 2.05) is 30.3 Å². The van der Waals surface area contributed by atoms with Gasteiger partial charge in [0.2, 0.25) is 5.76 Å². The van der Waals surface area contributed by atoms with E-state index in [1.165, 1.54) is 6.08 Å². The zero-order chi connectivity index (χ0) is 12.3. The van der Waals surface area contributed by atoms with Crippen LogP contribution in [0.1, 0.15) is 5.56 Å². The number of carbonyl (C=O) groups is 2. The third-order valence-electron chi connectivity index (χ3n) is 2.35. The maximum absolute atomic E-state index is 11.6. The quantitative estimate of drug-likeness (QED) is 0.633. The van der Waals surface area contributed by atoms with Crippen molar-refractivity contribution in [1.29, 1.82) is 0 Å². The highest BCUT2D eigenvalue weighted by molar-refractivity contribution is 6.12. The zero-order valence-electron chi connectivity index (χ0n) is 8.92. The Hall–Kier alpha value is -2.36. The molecule has 0 spiro atoms. The molecule has 1 aromatic rings. The van der Waals surface area contributed by atoms with Crippen LogP contribution in [0.15, 0.2) is 47.7 Å². The molecule has 0 aromatic heterocycles. The smallest absolute Gasteiger partial charge is 0.374 e. The SMILES string of the molecule is O=C(C=Cc1ccccc1)C1=C(O)C(=O)OC1. The number of allylic oxidation sites excluding steroid dienone is 1. The van der Waals surface area contributed by atoms with E-state index in [1.54, 1.807) is 6.08 Å². The van der Waals surface area contributed by atoms with Crippen LogP contribution in [0, 0.1) is 0 Å². The summed E-state index contributed by atoms with van der Waals surface area (Å²) in [7, 11) is 0. The van der Waals surface area contributed by atoms with Gasteiger partial charge in [-0.3, -0.25) is 4.79 Å². The lowest BCUT2D eigenvalue weighted by Gasteiger charge is -1.94. The number of benzene rings is 1. The third-order valence-corrected chi connectivity index (χ3v) is 2.35. The molecule has 0 aliphatic carbocycles. The van der Waals surface area contributed by atoms with Crippen molar-refractivity contribution in [3.63, 3.8) is 0 Å². The molecule has 17 heavy (non-hydrogen) atoms. The molecule has 0 atom stereocenters. The predicted octanol–water partition coefficient (Wildman–Crippen LogP) is 1.64. The van der Waals surface area contributed by atoms with E-state index in [-0.39, 0.29) is 12.2 Å². The average Bonchev–Trinajstić information content (AvgIpc) is 2.69. The minimum Gasteiger partial charge on any atom is -0.501 e. The predicted molar refractivity (Wildman–Crippen MR) is 61.1 cm³/mol. The molecule has 0 saturated heterocycles. The van der Waals surface area contributed by atoms with Crippen LogP contribution in [0.4, 0.5) is 0 Å². The number of ketones is 1. The average molecular weight is 230 g/mol. The molecule has 1 N–H and O–H groups in total. The van der Waals surface area contributed by atoms with E-state index in [0.717, 1.165) is 5.56 Å². The fourth-order valence-corrected chi connectivity index (χ4v) is 1.42. The highest BCUT2D eigenvalue weighted by Gasteiger charge is 2.27. The maximum Gasteiger partial charge on any atom is 0.374 e. The number of carbonyl (C=O) groups excluding carboxylic acids is 2. The molecule has 1 aliphatic heterocycles. The van der Waals surface area contributed by atoms with E-state index in [2.05, 4.69) is 4.74 Å². The van der Waals surface area contributed by atoms with Gasteiger partial charge in [0, 0.05) is 0 Å². The first-order valence-corrected chi connectivity index (χ1v) is 5.05. The molecule has 4 nitrogen and oxygen atoms in total. The molecule has 4 heteroatoms. The van der Waals surface area contributed by atoms with Gasteiger partial charge in [-0.1, -0.05) is 36.4 Å². The van der Waals surface area contributed by atoms with Gasteiger partial charge in [0.25, 0.3) is 0 Å². The van der Waals surface area contributed by atoms with Gasteiger partial charge in [-0.2, -0.15) is 0 Å². The second-order valence-electron chi connectivity index (χ2n) is 3.51. The highest BCUT2D eigenvalue weighted by Crippen LogP contribution is 2.15. The number of aliphatic hydroxyl groups excluding tert-OH is 1. The van der Waals surface area contributed by atoms with Crippen molar-refractivity contribution in [1.82, 2.24) is 0 Å². The summed E-state index contributed by atoms with van der Waals surface area (Å²) in [5.41, 5.74) is 0.869. The molecule has 0 amide bonds. The van der Waals surface area contributed by atoms with Gasteiger partial charge < -0.3 is 9.84 Å². The summed E-state index contributed by atoms with van der Waals surface area (Å²) in [5.74, 6) is -1.86. The third kappa shape index (κ3) is 2.42. The van der Waals surface area contributed by atoms with Crippen molar-refractivity contribution in [3.05, 3.63) is 53.3 Å². The van der Waals surface area contributed by atoms with Crippen molar-refractivity contribution in [2.24, 2.45) is 0 Å². The van der Waals surface area contributed by atoms with Crippen LogP contribution in [0.25, 0.3) is 6.08 Å². The number of esters is 1. The molecular formula is C13H10O4. The summed E-state index contributed by atoms with van der Waals surface area (Å²) in [4.78, 5) is 22.5. The number of ether oxygens (including phenoxy) is 1. The Bertz CT molecular complexity index is 511. The number of aliphatic hydroxyl groups is 1. The molecule has 0 radical (unpaired) electrons. The standard InChI is InChI=1S/C13H10O4/c14-11(10-8-17-13(16)12(10)15)7-6-9-4-2-1-3-5-9/h1-7,15H,8H2. The zero-order valence-corrected chi connectivity index (χ0v) is 8.92. The first-order chi connectivity index (χ1) is 8.18. The summed E-state index contributed by atoms with van der Waals surface area (Å²) in [6, 6.07) is 9.26. The van der Waals surface area contributed by atoms with E-state index in [4.69, 9.17) is 0 Å². The molecule has 0 unspecified atom stereocenters. The van der Waals surface area contributed by atoms with Gasteiger partial charge >= 0.3 is 5.97 Å². The Kier molecular flexibility index (Phi) is 3.05. The summed E-state index contributed by atoms with van der Waals surface area (Å²) in [6.07, 6.45) is 2.92. The van der Waals surface area contributed by atoms with Crippen LogP contribution in [0.3, 0.4) is 0 Å². The van der Waals surface area contributed by atoms with Gasteiger partial charge in [0.05, 0.1) is 5.57 Å². The minimum absolute atomic E-state index is 0.00202. The van der Waals surface area contributed by atoms with Crippen molar-refractivity contribution >= 4 is 17.8 Å². The molecule has 1 aromatic carbocycles. The van der Waals surface area contributed by atoms with E-state index >= 15 is 0 Å². The molecule has 0 saturated carbocycles. The highest BCUT2D eigenvalue weighted by atomic mass is 16.6. The van der Waals surface area contributed by atoms with Crippen LogP contribution in [0.5, 0.6) is 0 Å². The molecule has 2 rings (SSSR count). The first kappa shape index (κ1) is 11.1. The molecule has 0 fully saturated rings. The van der Waals surface area contributed by atoms with E-state index in [0.29, 0.717) is 0 Å². The Labute approximate surface area is 97.8 Å². The number of hydrogen-bond acceptors (Lipinski definition) is 4. The summed E-state index contributed by atoms with van der Waals surface area (Å²) < 4.78 is 4.53. The van der Waals surface area contributed by atoms with Gasteiger partial charge in [-0.15, -0.1) is 0 Å². The summed E-state index contributed by atoms with van der Waals surface area (Å²) in [5, 5.41) is 9.28. The second kappa shape index (κ2) is 4.65. The van der Waals surface area contributed by atoms with Gasteiger partial charge in [0.1, 0.15) is 6.61 Å². The fraction of sp³-hybridized carbons (Fsp3) is 0.0769. The fourth-order valence-electron chi connectivity index (χ4n) is 1.42. The van der Waals surface area contributed by atoms with Crippen molar-refractivity contribution in [2.75, 3.05) is 6.61 Å². The van der Waals surface area contributed by atoms with Crippen LogP contribution in [-0.2, 0) is 14.3 Å². The summed E-state index contributed by atoms with van der Waals surface area (Å²) in [6.45, 7) is -0.164. The Morgan fingerprint density at radius 3 is 2.59 bits per heavy atom. The van der Waals surface area contributed by atoms with Crippen molar-refractivity contribution in [2.45, 2.75) is 0 Å². The number of hydrogen-bond donors (Lipinski definition) is 1. The van der Waals surface area contributed by atoms with Crippen LogP contribution >= 0.6 is 0 Å². The van der Waals surface area contributed by atoms with Crippen molar-refractivity contribution in [3.8, 4) is 0 Å². The molecular weight excluding hydrogens is 220 g/mol. The van der Waals surface area contributed by atoms with E-state index in [9.17, 15) is 14.7 Å². The van der Waals surface area contributed by atoms with Gasteiger partial charge in [0.15, 0.2) is 5.78 Å². The molecule has 1 heterocycles. The van der Waals surface area contributed by atoms with Gasteiger partial charge in [-0.25, -0.2) is 4.79 Å². The second-order valence-corrected chi connectivity index (χ2v) is 3.51. The van der Waals surface area contributed by atoms with E-state index < -0.39 is 17.5 Å². The number of rotatable bonds is 3. The first-order valence-electron chi connectivity index (χ1n) is 5.05. The lowest BCUT2D eigenvalue weighted by molar-refractivity contribution is -0.138. The largest absolute Gasteiger partial charge is 0.501 e. The van der Waals surface area contributed by atoms with Crippen LogP contribution in [-0.4, -0.2) is 23.5 Å². The monoisotopic (exact) mass is 230 g/mol. The van der Waals surface area contributed by atoms with Crippen LogP contribution in [0.2, 0.25) is 0 Å². The molecule has 86 valence electrons. The minimum atomic E-state index is -0.846. The van der Waals surface area contributed by atoms with Crippen LogP contribution < -0.4 is 0 Å². The Morgan fingerprint density at radius 2 is 2.00 bits per heavy atom. The molecule has 1 aliphatic rings. The molecule has 0 bridgehead atoms. The van der Waals surface area contributed by atoms with Gasteiger partial charge in [-0.05, 0) is 11.6 Å². The lowest BCUT2D eigenvalue weighted by Crippen LogP contribution is -2.02. The topological polar surface area (TPSA) is 63.6 Å². The van der Waals surface area contributed by atoms with Crippen molar-refractivity contribution < 1.29 is 19.4 Å². The maximum atomic E-state index is 11.6. The lowest BCUT2D eigenvalue weighted by atomic mass is 10.1. The Morgan fingerprint density at radius 1 is 1.29 bits per heavy atom. The normalized spacial score (nSPS) is 15.4. The summed E-state index contributed by atoms with van der Waals surface area (Å²) >= 11 is 0.